The van der Waals surface area contributed by atoms with Crippen LogP contribution in [0, 0.1) is 0 Å². The van der Waals surface area contributed by atoms with Crippen LogP contribution < -0.4 is 10.6 Å². The minimum Gasteiger partial charge on any atom is -0.326 e. The van der Waals surface area contributed by atoms with Crippen molar-refractivity contribution in [3.63, 3.8) is 0 Å². The van der Waals surface area contributed by atoms with Crippen molar-refractivity contribution < 1.29 is 9.59 Å². The molecule has 0 radical (unpaired) electrons. The molecule has 7 heteroatoms. The van der Waals surface area contributed by atoms with Crippen LogP contribution in [0.2, 0.25) is 0 Å². The first-order chi connectivity index (χ1) is 12.6. The van der Waals surface area contributed by atoms with Crippen molar-refractivity contribution in [2.45, 2.75) is 19.8 Å². The van der Waals surface area contributed by atoms with Crippen molar-refractivity contribution in [2.75, 3.05) is 10.6 Å². The first kappa shape index (κ1) is 17.8. The number of aromatic nitrogens is 2. The maximum atomic E-state index is 12.2. The second-order valence-electron chi connectivity index (χ2n) is 5.60. The van der Waals surface area contributed by atoms with Crippen LogP contribution in [0.3, 0.4) is 0 Å². The number of hydrogen-bond donors (Lipinski definition) is 2. The molecule has 1 aromatic heterocycles. The molecule has 0 aliphatic heterocycles. The minimum absolute atomic E-state index is 0.102. The summed E-state index contributed by atoms with van der Waals surface area (Å²) >= 11 is 1.36. The van der Waals surface area contributed by atoms with Crippen LogP contribution in [-0.2, 0) is 17.6 Å². The molecule has 0 saturated heterocycles. The van der Waals surface area contributed by atoms with Crippen LogP contribution in [0.4, 0.5) is 10.8 Å². The summed E-state index contributed by atoms with van der Waals surface area (Å²) in [7, 11) is 0. The lowest BCUT2D eigenvalue weighted by atomic mass is 10.1. The first-order valence-electron chi connectivity index (χ1n) is 8.21. The van der Waals surface area contributed by atoms with Gasteiger partial charge in [0.05, 0.1) is 6.42 Å². The highest BCUT2D eigenvalue weighted by Gasteiger charge is 2.10. The average molecular weight is 366 g/mol. The lowest BCUT2D eigenvalue weighted by Gasteiger charge is -2.07. The highest BCUT2D eigenvalue weighted by atomic mass is 32.1. The lowest BCUT2D eigenvalue weighted by Crippen LogP contribution is -2.15. The molecular formula is C19H18N4O2S. The number of benzene rings is 2. The average Bonchev–Trinajstić information content (AvgIpc) is 3.10. The molecule has 0 saturated carbocycles. The van der Waals surface area contributed by atoms with E-state index in [-0.39, 0.29) is 11.8 Å². The molecule has 0 atom stereocenters. The van der Waals surface area contributed by atoms with E-state index in [1.54, 1.807) is 24.3 Å². The molecule has 2 amide bonds. The topological polar surface area (TPSA) is 84.0 Å². The van der Waals surface area contributed by atoms with Gasteiger partial charge in [-0.15, -0.1) is 10.2 Å². The molecule has 1 heterocycles. The fourth-order valence-corrected chi connectivity index (χ4v) is 2.98. The van der Waals surface area contributed by atoms with Gasteiger partial charge >= 0.3 is 0 Å². The molecular weight excluding hydrogens is 348 g/mol. The Kier molecular flexibility index (Phi) is 5.70. The Hall–Kier alpha value is -3.06. The quantitative estimate of drug-likeness (QED) is 0.699. The number of rotatable bonds is 6. The maximum absolute atomic E-state index is 12.2. The smallest absolute Gasteiger partial charge is 0.257 e. The van der Waals surface area contributed by atoms with E-state index in [4.69, 9.17) is 0 Å². The Morgan fingerprint density at radius 3 is 2.35 bits per heavy atom. The largest absolute Gasteiger partial charge is 0.326 e. The summed E-state index contributed by atoms with van der Waals surface area (Å²) in [6.45, 7) is 1.98. The van der Waals surface area contributed by atoms with E-state index in [0.717, 1.165) is 17.0 Å². The number of carbonyl (C=O) groups is 2. The number of carbonyl (C=O) groups excluding carboxylic acids is 2. The van der Waals surface area contributed by atoms with Gasteiger partial charge in [-0.1, -0.05) is 48.6 Å². The predicted molar refractivity (Wildman–Crippen MR) is 102 cm³/mol. The van der Waals surface area contributed by atoms with Crippen molar-refractivity contribution in [3.05, 3.63) is 70.7 Å². The minimum atomic E-state index is -0.258. The van der Waals surface area contributed by atoms with Crippen LogP contribution in [0.1, 0.15) is 27.9 Å². The van der Waals surface area contributed by atoms with E-state index in [1.807, 2.05) is 37.3 Å². The van der Waals surface area contributed by atoms with Gasteiger partial charge in [0.25, 0.3) is 5.91 Å². The molecule has 0 aliphatic carbocycles. The van der Waals surface area contributed by atoms with Crippen LogP contribution in [0.5, 0.6) is 0 Å². The van der Waals surface area contributed by atoms with E-state index in [9.17, 15) is 9.59 Å². The summed E-state index contributed by atoms with van der Waals surface area (Å²) in [5, 5.41) is 14.8. The maximum Gasteiger partial charge on any atom is 0.257 e. The normalized spacial score (nSPS) is 10.3. The summed E-state index contributed by atoms with van der Waals surface area (Å²) in [6.07, 6.45) is 1.09. The molecule has 132 valence electrons. The van der Waals surface area contributed by atoms with E-state index in [2.05, 4.69) is 20.8 Å². The first-order valence-corrected chi connectivity index (χ1v) is 9.03. The number of aryl methyl sites for hydroxylation is 1. The second-order valence-corrected chi connectivity index (χ2v) is 6.66. The highest BCUT2D eigenvalue weighted by Crippen LogP contribution is 2.17. The van der Waals surface area contributed by atoms with Crippen molar-refractivity contribution >= 4 is 34.0 Å². The summed E-state index contributed by atoms with van der Waals surface area (Å²) in [5.74, 6) is -0.361. The van der Waals surface area contributed by atoms with Gasteiger partial charge in [0.1, 0.15) is 5.01 Å². The van der Waals surface area contributed by atoms with Gasteiger partial charge in [0, 0.05) is 11.3 Å². The van der Waals surface area contributed by atoms with Gasteiger partial charge < -0.3 is 5.32 Å². The van der Waals surface area contributed by atoms with Crippen molar-refractivity contribution in [1.29, 1.82) is 0 Å². The third-order valence-corrected chi connectivity index (χ3v) is 4.61. The third-order valence-electron chi connectivity index (χ3n) is 3.63. The zero-order valence-electron chi connectivity index (χ0n) is 14.2. The Morgan fingerprint density at radius 2 is 1.69 bits per heavy atom. The zero-order chi connectivity index (χ0) is 18.4. The fraction of sp³-hybridized carbons (Fsp3) is 0.158. The molecule has 2 N–H and O–H groups in total. The molecule has 2 aromatic carbocycles. The van der Waals surface area contributed by atoms with Crippen LogP contribution in [0.15, 0.2) is 54.6 Å². The van der Waals surface area contributed by atoms with Crippen LogP contribution in [-0.4, -0.2) is 22.0 Å². The molecule has 0 aliphatic rings. The van der Waals surface area contributed by atoms with E-state index in [1.165, 1.54) is 11.3 Å². The Bertz CT molecular complexity index is 891. The van der Waals surface area contributed by atoms with Crippen molar-refractivity contribution in [3.8, 4) is 0 Å². The molecule has 0 unspecified atom stereocenters. The molecule has 3 aromatic rings. The van der Waals surface area contributed by atoms with Gasteiger partial charge in [-0.25, -0.2) is 0 Å². The molecule has 0 fully saturated rings. The number of nitrogens with zero attached hydrogens (tertiary/aromatic N) is 2. The monoisotopic (exact) mass is 366 g/mol. The summed E-state index contributed by atoms with van der Waals surface area (Å²) < 4.78 is 0. The van der Waals surface area contributed by atoms with E-state index < -0.39 is 0 Å². The number of anilines is 2. The van der Waals surface area contributed by atoms with E-state index >= 15 is 0 Å². The Morgan fingerprint density at radius 1 is 0.962 bits per heavy atom. The number of hydrogen-bond acceptors (Lipinski definition) is 5. The van der Waals surface area contributed by atoms with Crippen LogP contribution in [0.25, 0.3) is 0 Å². The lowest BCUT2D eigenvalue weighted by molar-refractivity contribution is -0.115. The number of nitrogens with one attached hydrogen (secondary N) is 2. The van der Waals surface area contributed by atoms with Gasteiger partial charge in [-0.3, -0.25) is 14.9 Å². The van der Waals surface area contributed by atoms with Crippen LogP contribution >= 0.6 is 11.3 Å². The summed E-state index contributed by atoms with van der Waals surface area (Å²) in [5.41, 5.74) is 2.08. The SMILES string of the molecule is CCc1nnc(NC(=O)c2ccc(NC(=O)Cc3ccccc3)cc2)s1. The standard InChI is InChI=1S/C19H18N4O2S/c1-2-17-22-23-19(26-17)21-18(25)14-8-10-15(11-9-14)20-16(24)12-13-6-4-3-5-7-13/h3-11H,2,12H2,1H3,(H,20,24)(H,21,23,25). The molecule has 0 spiro atoms. The fourth-order valence-electron chi connectivity index (χ4n) is 2.31. The number of amides is 2. The zero-order valence-corrected chi connectivity index (χ0v) is 15.0. The van der Waals surface area contributed by atoms with Crippen molar-refractivity contribution in [2.24, 2.45) is 0 Å². The Balaban J connectivity index is 1.57. The predicted octanol–water partition coefficient (Wildman–Crippen LogP) is 3.53. The summed E-state index contributed by atoms with van der Waals surface area (Å²) in [6, 6.07) is 16.3. The Labute approximate surface area is 155 Å². The summed E-state index contributed by atoms with van der Waals surface area (Å²) in [4.78, 5) is 24.3. The van der Waals surface area contributed by atoms with Gasteiger partial charge in [-0.05, 0) is 36.2 Å². The molecule has 3 rings (SSSR count). The van der Waals surface area contributed by atoms with Gasteiger partial charge in [-0.2, -0.15) is 0 Å². The van der Waals surface area contributed by atoms with Gasteiger partial charge in [0.2, 0.25) is 11.0 Å². The molecule has 0 bridgehead atoms. The molecule has 6 nitrogen and oxygen atoms in total. The van der Waals surface area contributed by atoms with Crippen molar-refractivity contribution in [1.82, 2.24) is 10.2 Å². The third kappa shape index (κ3) is 4.73. The second kappa shape index (κ2) is 8.35. The van der Waals surface area contributed by atoms with E-state index in [0.29, 0.717) is 22.8 Å². The van der Waals surface area contributed by atoms with Gasteiger partial charge in [0.15, 0.2) is 0 Å². The molecule has 26 heavy (non-hydrogen) atoms. The highest BCUT2D eigenvalue weighted by molar-refractivity contribution is 7.15.